The number of benzene rings is 2. The number of amides is 2. The number of ether oxygens (including phenoxy) is 4. The van der Waals surface area contributed by atoms with Crippen molar-refractivity contribution in [2.45, 2.75) is 39.3 Å². The first-order valence-electron chi connectivity index (χ1n) is 11.0. The van der Waals surface area contributed by atoms with Crippen LogP contribution in [0.4, 0.5) is 0 Å². The maximum Gasteiger partial charge on any atom is 0.261 e. The van der Waals surface area contributed by atoms with Crippen molar-refractivity contribution in [3.63, 3.8) is 0 Å². The predicted molar refractivity (Wildman–Crippen MR) is 126 cm³/mol. The van der Waals surface area contributed by atoms with Crippen LogP contribution in [0.2, 0.25) is 0 Å². The highest BCUT2D eigenvalue weighted by Crippen LogP contribution is 2.27. The zero-order chi connectivity index (χ0) is 24.2. The Hall–Kier alpha value is -3.42. The summed E-state index contributed by atoms with van der Waals surface area (Å²) in [5.41, 5.74) is 0.883. The van der Waals surface area contributed by atoms with E-state index in [0.29, 0.717) is 30.2 Å². The fraction of sp³-hybridized carbons (Fsp3) is 0.440. The van der Waals surface area contributed by atoms with Gasteiger partial charge in [0.25, 0.3) is 5.91 Å². The van der Waals surface area contributed by atoms with Gasteiger partial charge in [-0.25, -0.2) is 0 Å². The van der Waals surface area contributed by atoms with Crippen molar-refractivity contribution >= 4 is 11.8 Å². The molecule has 0 aromatic heterocycles. The minimum Gasteiger partial charge on any atom is -0.497 e. The summed E-state index contributed by atoms with van der Waals surface area (Å²) in [4.78, 5) is 27.6. The summed E-state index contributed by atoms with van der Waals surface area (Å²) in [6, 6.07) is 11.9. The van der Waals surface area contributed by atoms with Gasteiger partial charge >= 0.3 is 0 Å². The van der Waals surface area contributed by atoms with Crippen LogP contribution in [-0.4, -0.2) is 57.2 Å². The van der Waals surface area contributed by atoms with Crippen LogP contribution in [0.3, 0.4) is 0 Å². The Morgan fingerprint density at radius 1 is 0.879 bits per heavy atom. The van der Waals surface area contributed by atoms with Crippen LogP contribution in [0, 0.1) is 0 Å². The molecule has 0 saturated carbocycles. The lowest BCUT2D eigenvalue weighted by atomic mass is 10.1. The average molecular weight is 459 g/mol. The van der Waals surface area contributed by atoms with Crippen LogP contribution >= 0.6 is 0 Å². The molecule has 0 aliphatic carbocycles. The van der Waals surface area contributed by atoms with Gasteiger partial charge in [0.1, 0.15) is 29.0 Å². The third-order valence-electron chi connectivity index (χ3n) is 5.13. The molecule has 0 aliphatic heterocycles. The Labute approximate surface area is 195 Å². The summed E-state index contributed by atoms with van der Waals surface area (Å²) < 4.78 is 21.5. The summed E-state index contributed by atoms with van der Waals surface area (Å²) in [5, 5.41) is 2.90. The van der Waals surface area contributed by atoms with E-state index in [2.05, 4.69) is 5.32 Å². The van der Waals surface area contributed by atoms with E-state index in [9.17, 15) is 9.59 Å². The van der Waals surface area contributed by atoms with Crippen molar-refractivity contribution in [1.82, 2.24) is 10.2 Å². The average Bonchev–Trinajstić information content (AvgIpc) is 2.85. The maximum absolute atomic E-state index is 13.3. The normalized spacial score (nSPS) is 11.3. The summed E-state index contributed by atoms with van der Waals surface area (Å²) >= 11 is 0. The van der Waals surface area contributed by atoms with Crippen LogP contribution in [0.25, 0.3) is 0 Å². The quantitative estimate of drug-likeness (QED) is 0.495. The molecule has 1 N–H and O–H groups in total. The molecule has 0 fully saturated rings. The molecule has 2 aromatic rings. The number of hydrogen-bond donors (Lipinski definition) is 1. The third-order valence-corrected chi connectivity index (χ3v) is 5.13. The summed E-state index contributed by atoms with van der Waals surface area (Å²) in [7, 11) is 4.68. The summed E-state index contributed by atoms with van der Waals surface area (Å²) in [6.07, 6.45) is 1.29. The Balaban J connectivity index is 2.23. The Morgan fingerprint density at radius 2 is 1.45 bits per heavy atom. The molecule has 180 valence electrons. The van der Waals surface area contributed by atoms with Crippen molar-refractivity contribution < 1.29 is 28.5 Å². The monoisotopic (exact) mass is 458 g/mol. The molecule has 0 bridgehead atoms. The third kappa shape index (κ3) is 7.59. The molecular formula is C25H34N2O6. The number of rotatable bonds is 13. The van der Waals surface area contributed by atoms with Crippen LogP contribution in [-0.2, 0) is 16.1 Å². The van der Waals surface area contributed by atoms with Gasteiger partial charge in [0.2, 0.25) is 5.91 Å². The standard InChI is InChI=1S/C25H34N2O6/c1-6-12-26-25(29)23(7-2)27(16-18-8-10-19(30-3)11-9-18)24(28)17-33-22-14-20(31-4)13-21(15-22)32-5/h8-11,13-15,23H,6-7,12,16-17H2,1-5H3,(H,26,29)/t23-/m0/s1. The molecule has 0 radical (unpaired) electrons. The molecule has 0 heterocycles. The second-order valence-electron chi connectivity index (χ2n) is 7.42. The van der Waals surface area contributed by atoms with Crippen LogP contribution in [0.1, 0.15) is 32.3 Å². The molecular weight excluding hydrogens is 424 g/mol. The molecule has 0 unspecified atom stereocenters. The van der Waals surface area contributed by atoms with E-state index in [1.165, 1.54) is 0 Å². The van der Waals surface area contributed by atoms with Gasteiger partial charge in [-0.15, -0.1) is 0 Å². The largest absolute Gasteiger partial charge is 0.497 e. The highest BCUT2D eigenvalue weighted by atomic mass is 16.5. The second-order valence-corrected chi connectivity index (χ2v) is 7.42. The van der Waals surface area contributed by atoms with Gasteiger partial charge in [-0.2, -0.15) is 0 Å². The van der Waals surface area contributed by atoms with Crippen molar-refractivity contribution in [3.05, 3.63) is 48.0 Å². The van der Waals surface area contributed by atoms with Gasteiger partial charge in [-0.05, 0) is 30.5 Å². The van der Waals surface area contributed by atoms with E-state index in [0.717, 1.165) is 17.7 Å². The van der Waals surface area contributed by atoms with Gasteiger partial charge in [0, 0.05) is 31.3 Å². The lowest BCUT2D eigenvalue weighted by Gasteiger charge is -2.30. The predicted octanol–water partition coefficient (Wildman–Crippen LogP) is 3.42. The van der Waals surface area contributed by atoms with E-state index >= 15 is 0 Å². The molecule has 8 nitrogen and oxygen atoms in total. The number of hydrogen-bond acceptors (Lipinski definition) is 6. The molecule has 33 heavy (non-hydrogen) atoms. The molecule has 1 atom stereocenters. The molecule has 0 aliphatic rings. The molecule has 2 amide bonds. The fourth-order valence-corrected chi connectivity index (χ4v) is 3.31. The maximum atomic E-state index is 13.3. The molecule has 2 aromatic carbocycles. The second kappa shape index (κ2) is 13.2. The first-order chi connectivity index (χ1) is 15.9. The van der Waals surface area contributed by atoms with Gasteiger partial charge in [0.05, 0.1) is 21.3 Å². The van der Waals surface area contributed by atoms with E-state index in [1.807, 2.05) is 38.1 Å². The zero-order valence-electron chi connectivity index (χ0n) is 20.1. The molecule has 0 saturated heterocycles. The molecule has 2 rings (SSSR count). The number of carbonyl (C=O) groups is 2. The Bertz CT molecular complexity index is 878. The van der Waals surface area contributed by atoms with Gasteiger partial charge in [0.15, 0.2) is 6.61 Å². The fourth-order valence-electron chi connectivity index (χ4n) is 3.31. The zero-order valence-corrected chi connectivity index (χ0v) is 20.1. The summed E-state index contributed by atoms with van der Waals surface area (Å²) in [5.74, 6) is 1.79. The number of methoxy groups -OCH3 is 3. The smallest absolute Gasteiger partial charge is 0.261 e. The van der Waals surface area contributed by atoms with Gasteiger partial charge < -0.3 is 29.2 Å². The van der Waals surface area contributed by atoms with E-state index < -0.39 is 6.04 Å². The highest BCUT2D eigenvalue weighted by molar-refractivity contribution is 5.88. The minimum atomic E-state index is -0.616. The van der Waals surface area contributed by atoms with Crippen LogP contribution < -0.4 is 24.3 Å². The van der Waals surface area contributed by atoms with E-state index in [1.54, 1.807) is 44.4 Å². The molecule has 8 heteroatoms. The van der Waals surface area contributed by atoms with Crippen molar-refractivity contribution in [3.8, 4) is 23.0 Å². The van der Waals surface area contributed by atoms with Crippen molar-refractivity contribution in [1.29, 1.82) is 0 Å². The summed E-state index contributed by atoms with van der Waals surface area (Å²) in [6.45, 7) is 4.46. The lowest BCUT2D eigenvalue weighted by Crippen LogP contribution is -2.50. The topological polar surface area (TPSA) is 86.3 Å². The van der Waals surface area contributed by atoms with Crippen molar-refractivity contribution in [2.75, 3.05) is 34.5 Å². The van der Waals surface area contributed by atoms with Gasteiger partial charge in [-0.1, -0.05) is 26.0 Å². The minimum absolute atomic E-state index is 0.177. The van der Waals surface area contributed by atoms with Crippen molar-refractivity contribution in [2.24, 2.45) is 0 Å². The van der Waals surface area contributed by atoms with E-state index in [-0.39, 0.29) is 25.0 Å². The van der Waals surface area contributed by atoms with Gasteiger partial charge in [-0.3, -0.25) is 9.59 Å². The van der Waals surface area contributed by atoms with Crippen LogP contribution in [0.15, 0.2) is 42.5 Å². The SMILES string of the molecule is CCCNC(=O)[C@H](CC)N(Cc1ccc(OC)cc1)C(=O)COc1cc(OC)cc(OC)c1. The number of carbonyl (C=O) groups excluding carboxylic acids is 2. The number of nitrogens with zero attached hydrogens (tertiary/aromatic N) is 1. The number of nitrogens with one attached hydrogen (secondary N) is 1. The first kappa shape index (κ1) is 25.8. The van der Waals surface area contributed by atoms with E-state index in [4.69, 9.17) is 18.9 Å². The Kier molecular flexibility index (Phi) is 10.3. The molecule has 0 spiro atoms. The Morgan fingerprint density at radius 3 is 1.97 bits per heavy atom. The highest BCUT2D eigenvalue weighted by Gasteiger charge is 2.28. The lowest BCUT2D eigenvalue weighted by molar-refractivity contribution is -0.143. The first-order valence-corrected chi connectivity index (χ1v) is 11.0. The van der Waals surface area contributed by atoms with Crippen LogP contribution in [0.5, 0.6) is 23.0 Å².